The van der Waals surface area contributed by atoms with E-state index in [1.165, 1.54) is 10.4 Å². The number of hydrogen-bond acceptors (Lipinski definition) is 6. The topological polar surface area (TPSA) is 65.1 Å². The van der Waals surface area contributed by atoms with Gasteiger partial charge in [-0.1, -0.05) is 106 Å². The van der Waals surface area contributed by atoms with Crippen LogP contribution < -0.4 is 10.4 Å². The van der Waals surface area contributed by atoms with E-state index < -0.39 is 18.2 Å². The molecule has 0 bridgehead atoms. The molecule has 2 heterocycles. The summed E-state index contributed by atoms with van der Waals surface area (Å²) in [6, 6.07) is 30.4. The van der Waals surface area contributed by atoms with Crippen LogP contribution in [-0.2, 0) is 23.7 Å². The molecule has 3 aromatic rings. The molecular formula is C35H47NO5SSi. The SMILES string of the molecule is COCO[C@@H]1CC[C@@H]2CCC[C@@H](CS(=O)(=O)c3ccccc3)N2[C@H]1CO[Si](c1ccccc1)(c1ccccc1)C(C)(C)C. The van der Waals surface area contributed by atoms with Crippen LogP contribution in [0.15, 0.2) is 95.9 Å². The summed E-state index contributed by atoms with van der Waals surface area (Å²) in [5.74, 6) is 0.0974. The molecule has 43 heavy (non-hydrogen) atoms. The molecule has 4 atom stereocenters. The average Bonchev–Trinajstić information content (AvgIpc) is 3.01. The van der Waals surface area contributed by atoms with Gasteiger partial charge in [-0.25, -0.2) is 8.42 Å². The Morgan fingerprint density at radius 2 is 1.40 bits per heavy atom. The Morgan fingerprint density at radius 1 is 0.814 bits per heavy atom. The number of nitrogens with zero attached hydrogens (tertiary/aromatic N) is 1. The summed E-state index contributed by atoms with van der Waals surface area (Å²) < 4.78 is 46.5. The quantitative estimate of drug-likeness (QED) is 0.211. The molecule has 0 spiro atoms. The molecule has 0 saturated carbocycles. The van der Waals surface area contributed by atoms with E-state index in [4.69, 9.17) is 13.9 Å². The van der Waals surface area contributed by atoms with E-state index in [0.717, 1.165) is 32.1 Å². The fraction of sp³-hybridized carbons (Fsp3) is 0.486. The van der Waals surface area contributed by atoms with Gasteiger partial charge in [-0.2, -0.15) is 0 Å². The lowest BCUT2D eigenvalue weighted by Crippen LogP contribution is -2.69. The minimum absolute atomic E-state index is 0.0909. The number of fused-ring (bicyclic) bond motifs is 1. The summed E-state index contributed by atoms with van der Waals surface area (Å²) >= 11 is 0. The largest absolute Gasteiger partial charge is 0.406 e. The first kappa shape index (κ1) is 32.1. The van der Waals surface area contributed by atoms with Gasteiger partial charge in [0.2, 0.25) is 0 Å². The molecule has 0 aromatic heterocycles. The van der Waals surface area contributed by atoms with Gasteiger partial charge in [-0.3, -0.25) is 4.90 Å². The predicted octanol–water partition coefficient (Wildman–Crippen LogP) is 5.41. The normalized spacial score (nSPS) is 23.5. The maximum atomic E-state index is 13.7. The zero-order chi connectivity index (χ0) is 30.5. The minimum atomic E-state index is -3.46. The molecule has 6 nitrogen and oxygen atoms in total. The van der Waals surface area contributed by atoms with Crippen LogP contribution in [0, 0.1) is 0 Å². The third-order valence-electron chi connectivity index (χ3n) is 9.32. The van der Waals surface area contributed by atoms with Gasteiger partial charge in [-0.05, 0) is 53.2 Å². The van der Waals surface area contributed by atoms with Gasteiger partial charge in [-0.15, -0.1) is 0 Å². The van der Waals surface area contributed by atoms with Crippen LogP contribution in [0.5, 0.6) is 0 Å². The van der Waals surface area contributed by atoms with Crippen molar-refractivity contribution in [1.29, 1.82) is 0 Å². The maximum Gasteiger partial charge on any atom is 0.261 e. The second-order valence-corrected chi connectivity index (χ2v) is 19.4. The van der Waals surface area contributed by atoms with Gasteiger partial charge in [0.25, 0.3) is 8.32 Å². The standard InChI is InChI=1S/C35H47NO5SSi/c1-35(2,3)43(31-19-10-6-11-20-31,32-21-12-7-13-22-32)41-25-33-34(40-27-39-4)24-23-28-15-14-16-29(36(28)33)26-42(37,38)30-17-8-5-9-18-30/h5-13,17-22,28-29,33-34H,14-16,23-27H2,1-4H3/t28-,29-,33-,34+/m0/s1. The van der Waals surface area contributed by atoms with Crippen molar-refractivity contribution in [2.75, 3.05) is 26.3 Å². The van der Waals surface area contributed by atoms with Crippen molar-refractivity contribution in [3.63, 3.8) is 0 Å². The van der Waals surface area contributed by atoms with E-state index in [1.54, 1.807) is 31.4 Å². The summed E-state index contributed by atoms with van der Waals surface area (Å²) in [4.78, 5) is 2.87. The smallest absolute Gasteiger partial charge is 0.261 e. The first-order valence-electron chi connectivity index (χ1n) is 15.6. The Balaban J connectivity index is 1.53. The molecule has 0 unspecified atom stereocenters. The van der Waals surface area contributed by atoms with Crippen molar-refractivity contribution < 1.29 is 22.3 Å². The first-order valence-corrected chi connectivity index (χ1v) is 19.1. The number of rotatable bonds is 11. The Kier molecular flexibility index (Phi) is 10.3. The third-order valence-corrected chi connectivity index (χ3v) is 16.1. The van der Waals surface area contributed by atoms with E-state index >= 15 is 0 Å². The highest BCUT2D eigenvalue weighted by atomic mass is 32.2. The molecule has 232 valence electrons. The van der Waals surface area contributed by atoms with Gasteiger partial charge >= 0.3 is 0 Å². The van der Waals surface area contributed by atoms with Crippen molar-refractivity contribution in [1.82, 2.24) is 4.90 Å². The van der Waals surface area contributed by atoms with E-state index in [1.807, 2.05) is 6.07 Å². The zero-order valence-electron chi connectivity index (χ0n) is 26.0. The number of piperidine rings is 2. The number of sulfone groups is 1. The summed E-state index contributed by atoms with van der Waals surface area (Å²) in [6.07, 6.45) is 4.70. The third kappa shape index (κ3) is 6.85. The summed E-state index contributed by atoms with van der Waals surface area (Å²) in [5.41, 5.74) is 0. The maximum absolute atomic E-state index is 13.7. The molecule has 0 aliphatic carbocycles. The van der Waals surface area contributed by atoms with Gasteiger partial charge in [0.05, 0.1) is 29.4 Å². The highest BCUT2D eigenvalue weighted by Gasteiger charge is 2.52. The van der Waals surface area contributed by atoms with Gasteiger partial charge < -0.3 is 13.9 Å². The predicted molar refractivity (Wildman–Crippen MR) is 175 cm³/mol. The van der Waals surface area contributed by atoms with Crippen molar-refractivity contribution in [2.45, 2.75) is 87.0 Å². The minimum Gasteiger partial charge on any atom is -0.406 e. The second-order valence-electron chi connectivity index (χ2n) is 13.0. The monoisotopic (exact) mass is 621 g/mol. The zero-order valence-corrected chi connectivity index (χ0v) is 27.8. The molecular weight excluding hydrogens is 575 g/mol. The van der Waals surface area contributed by atoms with Crippen LogP contribution in [0.2, 0.25) is 5.04 Å². The van der Waals surface area contributed by atoms with Crippen LogP contribution in [0.1, 0.15) is 52.9 Å². The van der Waals surface area contributed by atoms with Crippen molar-refractivity contribution in [3.05, 3.63) is 91.0 Å². The first-order chi connectivity index (χ1) is 20.7. The molecule has 2 saturated heterocycles. The Hall–Kier alpha value is -2.33. The molecule has 0 amide bonds. The molecule has 5 rings (SSSR count). The van der Waals surface area contributed by atoms with E-state index in [2.05, 4.69) is 86.3 Å². The van der Waals surface area contributed by atoms with Crippen molar-refractivity contribution in [2.24, 2.45) is 0 Å². The van der Waals surface area contributed by atoms with Crippen LogP contribution in [0.25, 0.3) is 0 Å². The van der Waals surface area contributed by atoms with Crippen molar-refractivity contribution >= 4 is 28.5 Å². The molecule has 2 fully saturated rings. The van der Waals surface area contributed by atoms with Crippen LogP contribution in [0.3, 0.4) is 0 Å². The molecule has 0 N–H and O–H groups in total. The lowest BCUT2D eigenvalue weighted by Gasteiger charge is -2.53. The average molecular weight is 622 g/mol. The summed E-state index contributed by atoms with van der Waals surface area (Å²) in [6.45, 7) is 7.53. The fourth-order valence-electron chi connectivity index (χ4n) is 7.42. The number of methoxy groups -OCH3 is 1. The summed E-state index contributed by atoms with van der Waals surface area (Å²) in [7, 11) is -4.62. The van der Waals surface area contributed by atoms with Gasteiger partial charge in [0, 0.05) is 19.2 Å². The fourth-order valence-corrected chi connectivity index (χ4v) is 13.6. The van der Waals surface area contributed by atoms with E-state index in [0.29, 0.717) is 17.5 Å². The lowest BCUT2D eigenvalue weighted by molar-refractivity contribution is -0.144. The molecule has 3 aromatic carbocycles. The van der Waals surface area contributed by atoms with Gasteiger partial charge in [0.15, 0.2) is 9.84 Å². The van der Waals surface area contributed by atoms with Crippen molar-refractivity contribution in [3.8, 4) is 0 Å². The molecule has 2 aliphatic heterocycles. The number of benzene rings is 3. The highest BCUT2D eigenvalue weighted by Crippen LogP contribution is 2.40. The number of hydrogen-bond donors (Lipinski definition) is 0. The Bertz CT molecular complexity index is 1360. The molecule has 0 radical (unpaired) electrons. The number of ether oxygens (including phenoxy) is 2. The second kappa shape index (κ2) is 13.8. The highest BCUT2D eigenvalue weighted by molar-refractivity contribution is 7.91. The lowest BCUT2D eigenvalue weighted by atomic mass is 9.84. The Morgan fingerprint density at radius 3 is 1.95 bits per heavy atom. The van der Waals surface area contributed by atoms with Gasteiger partial charge in [0.1, 0.15) is 6.79 Å². The summed E-state index contributed by atoms with van der Waals surface area (Å²) in [5, 5.41) is 2.31. The van der Waals surface area contributed by atoms with Crippen LogP contribution in [-0.4, -0.2) is 72.1 Å². The molecule has 2 aliphatic rings. The van der Waals surface area contributed by atoms with Crippen LogP contribution >= 0.6 is 0 Å². The van der Waals surface area contributed by atoms with Crippen LogP contribution in [0.4, 0.5) is 0 Å². The van der Waals surface area contributed by atoms with E-state index in [-0.39, 0.29) is 35.8 Å². The Labute approximate surface area is 259 Å². The van der Waals surface area contributed by atoms with E-state index in [9.17, 15) is 8.42 Å². The molecule has 8 heteroatoms.